The highest BCUT2D eigenvalue weighted by molar-refractivity contribution is 8.01. The second-order valence-corrected chi connectivity index (χ2v) is 18.2. The molecule has 2 aliphatic rings. The van der Waals surface area contributed by atoms with E-state index in [0.29, 0.717) is 4.91 Å². The molecule has 0 unspecified atom stereocenters. The van der Waals surface area contributed by atoms with Gasteiger partial charge in [0, 0.05) is 32.7 Å². The summed E-state index contributed by atoms with van der Waals surface area (Å²) in [5.41, 5.74) is 1.33. The minimum atomic E-state index is -1.37. The normalized spacial score (nSPS) is 16.4. The summed E-state index contributed by atoms with van der Waals surface area (Å²) in [6, 6.07) is 46.1. The fourth-order valence-electron chi connectivity index (χ4n) is 7.38. The van der Waals surface area contributed by atoms with Crippen LogP contribution in [0.15, 0.2) is 173 Å². The molecule has 0 bridgehead atoms. The van der Waals surface area contributed by atoms with Gasteiger partial charge in [-0.05, 0) is 31.9 Å². The zero-order chi connectivity index (χ0) is 44.8. The number of ether oxygens (including phenoxy) is 2. The lowest BCUT2D eigenvalue weighted by molar-refractivity contribution is -0.154. The predicted octanol–water partition coefficient (Wildman–Crippen LogP) is 9.08. The van der Waals surface area contributed by atoms with Crippen LogP contribution >= 0.6 is 35.7 Å². The summed E-state index contributed by atoms with van der Waals surface area (Å²) in [6.07, 6.45) is -1.49. The van der Waals surface area contributed by atoms with Gasteiger partial charge in [0.25, 0.3) is 11.8 Å². The van der Waals surface area contributed by atoms with Crippen LogP contribution in [0.1, 0.15) is 60.4 Å². The number of hydrogen-bond donors (Lipinski definition) is 3. The van der Waals surface area contributed by atoms with Crippen LogP contribution < -0.4 is 10.6 Å². The van der Waals surface area contributed by atoms with E-state index in [9.17, 15) is 19.2 Å². The van der Waals surface area contributed by atoms with Crippen LogP contribution in [-0.2, 0) is 34.3 Å². The maximum atomic E-state index is 14.7. The third kappa shape index (κ3) is 9.32. The summed E-state index contributed by atoms with van der Waals surface area (Å²) in [4.78, 5) is 68.7. The first-order valence-corrected chi connectivity index (χ1v) is 22.7. The molecule has 6 aromatic rings. The second-order valence-electron chi connectivity index (χ2n) is 15.7. The Kier molecular flexibility index (Phi) is 13.0. The molecule has 0 radical (unpaired) electrons. The molecule has 1 saturated heterocycles. The van der Waals surface area contributed by atoms with Gasteiger partial charge in [-0.1, -0.05) is 157 Å². The molecule has 1 fully saturated rings. The summed E-state index contributed by atoms with van der Waals surface area (Å²) < 4.78 is 11.6. The van der Waals surface area contributed by atoms with Gasteiger partial charge in [0.1, 0.15) is 28.4 Å². The Labute approximate surface area is 384 Å². The third-order valence-corrected chi connectivity index (χ3v) is 12.9. The zero-order valence-corrected chi connectivity index (χ0v) is 37.4. The number of oxime groups is 1. The first kappa shape index (κ1) is 43.9. The highest BCUT2D eigenvalue weighted by Gasteiger charge is 2.55. The highest BCUT2D eigenvalue weighted by atomic mass is 32.2. The number of β-lactam (4-membered cyclic amide) rings is 1. The number of amides is 3. The number of thiazole rings is 1. The van der Waals surface area contributed by atoms with E-state index in [2.05, 4.69) is 33.4 Å². The van der Waals surface area contributed by atoms with Gasteiger partial charge in [-0.2, -0.15) is 0 Å². The molecular weight excluding hydrogens is 867 g/mol. The van der Waals surface area contributed by atoms with Crippen molar-refractivity contribution in [3.63, 3.8) is 0 Å². The van der Waals surface area contributed by atoms with Crippen LogP contribution in [-0.4, -0.2) is 62.2 Å². The number of carbonyl (C=O) groups excluding carboxylic acids is 4. The lowest BCUT2D eigenvalue weighted by Gasteiger charge is -2.49. The highest BCUT2D eigenvalue weighted by Crippen LogP contribution is 2.43. The molecule has 1 aromatic heterocycles. The minimum absolute atomic E-state index is 0.00685. The lowest BCUT2D eigenvalue weighted by atomic mass is 9.80. The van der Waals surface area contributed by atoms with E-state index in [-0.39, 0.29) is 28.0 Å². The quantitative estimate of drug-likeness (QED) is 0.0258. The van der Waals surface area contributed by atoms with Crippen molar-refractivity contribution >= 4 is 70.4 Å². The summed E-state index contributed by atoms with van der Waals surface area (Å²) in [5, 5.41) is 11.1. The Morgan fingerprint density at radius 2 is 1.28 bits per heavy atom. The van der Waals surface area contributed by atoms with Gasteiger partial charge in [0.2, 0.25) is 5.60 Å². The summed E-state index contributed by atoms with van der Waals surface area (Å²) in [5.74, 6) is -1.78. The third-order valence-electron chi connectivity index (χ3n) is 10.2. The van der Waals surface area contributed by atoms with E-state index in [1.54, 1.807) is 26.2 Å². The Hall–Kier alpha value is -6.68. The summed E-state index contributed by atoms with van der Waals surface area (Å²) in [7, 11) is 0. The Morgan fingerprint density at radius 3 is 1.78 bits per heavy atom. The number of benzene rings is 5. The number of carbonyl (C=O) groups is 4. The van der Waals surface area contributed by atoms with E-state index in [0.717, 1.165) is 39.2 Å². The minimum Gasteiger partial charge on any atom is -0.448 e. The Balaban J connectivity index is 1.12. The van der Waals surface area contributed by atoms with Crippen molar-refractivity contribution in [3.05, 3.63) is 201 Å². The number of nitrogens with one attached hydrogen (secondary N) is 2. The molecule has 8 rings (SSSR count). The molecule has 2 N–H and O–H groups in total. The largest absolute Gasteiger partial charge is 0.448 e. The first-order chi connectivity index (χ1) is 30.9. The van der Waals surface area contributed by atoms with Crippen molar-refractivity contribution < 1.29 is 33.5 Å². The molecule has 2 aliphatic heterocycles. The number of thioether (sulfide) groups is 1. The van der Waals surface area contributed by atoms with Gasteiger partial charge in [-0.3, -0.25) is 19.8 Å². The van der Waals surface area contributed by atoms with Gasteiger partial charge in [0.15, 0.2) is 16.9 Å². The number of nitrogens with zero attached hydrogens (tertiary/aromatic N) is 3. The molecule has 5 aromatic carbocycles. The van der Waals surface area contributed by atoms with Crippen LogP contribution in [0.25, 0.3) is 0 Å². The topological polar surface area (TPSA) is 149 Å². The maximum absolute atomic E-state index is 14.7. The molecule has 12 nitrogen and oxygen atoms in total. The monoisotopic (exact) mass is 909 g/mol. The molecule has 324 valence electrons. The second kappa shape index (κ2) is 19.0. The van der Waals surface area contributed by atoms with E-state index in [1.165, 1.54) is 16.7 Å². The molecule has 15 heteroatoms. The fraction of sp³-hybridized carbons (Fsp3) is 0.184. The van der Waals surface area contributed by atoms with Crippen molar-refractivity contribution in [3.8, 4) is 0 Å². The SMILES string of the molecule is CC(C)(C)OC(=O)Nc1nc(/C(=N/OC(c2ccccc2)(c2ccccc2)c2ccccc2)C(=O)N[C@@H]2C(=O)N3C(C(=O)OC(c4ccccc4)c4ccccc4)=C(S)CS[C@@H]23)cs1. The average Bonchev–Trinajstić information content (AvgIpc) is 3.77. The fourth-order valence-corrected chi connectivity index (χ4v) is 9.68. The molecule has 0 saturated carbocycles. The standard InChI is InChI=1S/C49H43N5O7S3/c1-48(2,3)60-47(58)52-46-50-36(29-64-46)38(53-61-49(33-23-13-6-14-24-33,34-25-15-7-16-26-34)35-27-17-8-18-28-35)42(55)51-39-43(56)54-40(37(62)30-63-44(39)54)45(57)59-41(31-19-9-4-10-20-31)32-21-11-5-12-22-32/h4-29,39,41,44,62H,30H2,1-3H3,(H,51,55)(H,50,52,58)/b53-38-/t39-,44+/m1/s1. The molecule has 2 atom stereocenters. The number of thiol groups is 1. The molecule has 0 spiro atoms. The van der Waals surface area contributed by atoms with E-state index in [4.69, 9.17) is 14.3 Å². The van der Waals surface area contributed by atoms with Crippen LogP contribution in [0, 0.1) is 0 Å². The van der Waals surface area contributed by atoms with Crippen molar-refractivity contribution in [2.45, 2.75) is 49.5 Å². The van der Waals surface area contributed by atoms with Gasteiger partial charge in [0.05, 0.1) is 0 Å². The number of aromatic nitrogens is 1. The maximum Gasteiger partial charge on any atom is 0.413 e. The van der Waals surface area contributed by atoms with Crippen LogP contribution in [0.3, 0.4) is 0 Å². The number of fused-ring (bicyclic) bond motifs is 1. The Bertz CT molecular complexity index is 2560. The molecule has 3 amide bonds. The lowest BCUT2D eigenvalue weighted by Crippen LogP contribution is -2.71. The first-order valence-electron chi connectivity index (χ1n) is 20.3. The summed E-state index contributed by atoms with van der Waals surface area (Å²) in [6.45, 7) is 5.22. The van der Waals surface area contributed by atoms with Crippen molar-refractivity contribution in [1.82, 2.24) is 15.2 Å². The molecular formula is C49H43N5O7S3. The zero-order valence-electron chi connectivity index (χ0n) is 34.9. The average molecular weight is 910 g/mol. The van der Waals surface area contributed by atoms with E-state index < -0.39 is 52.6 Å². The number of hydrogen-bond acceptors (Lipinski definition) is 12. The van der Waals surface area contributed by atoms with E-state index >= 15 is 0 Å². The van der Waals surface area contributed by atoms with Gasteiger partial charge >= 0.3 is 12.1 Å². The molecule has 3 heterocycles. The van der Waals surface area contributed by atoms with Crippen LogP contribution in [0.5, 0.6) is 0 Å². The molecule has 64 heavy (non-hydrogen) atoms. The molecule has 0 aliphatic carbocycles. The smallest absolute Gasteiger partial charge is 0.413 e. The van der Waals surface area contributed by atoms with Crippen LogP contribution in [0.4, 0.5) is 9.93 Å². The predicted molar refractivity (Wildman–Crippen MR) is 251 cm³/mol. The van der Waals surface area contributed by atoms with Crippen molar-refractivity contribution in [2.75, 3.05) is 11.1 Å². The summed E-state index contributed by atoms with van der Waals surface area (Å²) >= 11 is 7.03. The number of esters is 1. The number of anilines is 1. The van der Waals surface area contributed by atoms with Crippen molar-refractivity contribution in [1.29, 1.82) is 0 Å². The van der Waals surface area contributed by atoms with Gasteiger partial charge < -0.3 is 19.6 Å². The van der Waals surface area contributed by atoms with Gasteiger partial charge in [-0.25, -0.2) is 14.6 Å². The van der Waals surface area contributed by atoms with E-state index in [1.807, 2.05) is 152 Å². The Morgan fingerprint density at radius 1 is 0.781 bits per heavy atom. The van der Waals surface area contributed by atoms with Crippen LogP contribution in [0.2, 0.25) is 0 Å². The van der Waals surface area contributed by atoms with Crippen molar-refractivity contribution in [2.24, 2.45) is 5.16 Å². The van der Waals surface area contributed by atoms with Gasteiger partial charge in [-0.15, -0.1) is 35.7 Å². The number of rotatable bonds is 13.